The summed E-state index contributed by atoms with van der Waals surface area (Å²) in [5.74, 6) is 0.587. The van der Waals surface area contributed by atoms with Crippen molar-refractivity contribution < 1.29 is 9.13 Å². The van der Waals surface area contributed by atoms with Crippen molar-refractivity contribution in [3.05, 3.63) is 35.4 Å². The van der Waals surface area contributed by atoms with Crippen LogP contribution in [0, 0.1) is 5.82 Å². The van der Waals surface area contributed by atoms with Gasteiger partial charge < -0.3 is 15.8 Å². The van der Waals surface area contributed by atoms with Crippen LogP contribution in [-0.4, -0.2) is 27.6 Å². The van der Waals surface area contributed by atoms with E-state index < -0.39 is 0 Å². The molecular formula is C12H13ClFN5O. The highest BCUT2D eigenvalue weighted by Crippen LogP contribution is 2.12. The lowest BCUT2D eigenvalue weighted by Crippen LogP contribution is -2.25. The van der Waals surface area contributed by atoms with Crippen molar-refractivity contribution in [1.82, 2.24) is 15.0 Å². The minimum absolute atomic E-state index is 0.0200. The molecule has 0 saturated carbocycles. The minimum atomic E-state index is -0.307. The Labute approximate surface area is 120 Å². The fourth-order valence-corrected chi connectivity index (χ4v) is 1.61. The van der Waals surface area contributed by atoms with E-state index in [1.54, 1.807) is 12.1 Å². The minimum Gasteiger partial charge on any atom is -0.491 e. The first-order valence-corrected chi connectivity index (χ1v) is 6.22. The second-order valence-corrected chi connectivity index (χ2v) is 4.43. The van der Waals surface area contributed by atoms with Crippen molar-refractivity contribution >= 4 is 23.5 Å². The molecule has 2 aromatic rings. The molecule has 1 heterocycles. The lowest BCUT2D eigenvalue weighted by Gasteiger charge is -2.15. The molecule has 0 aliphatic carbocycles. The number of nitrogen functional groups attached to an aromatic ring is 1. The smallest absolute Gasteiger partial charge is 0.229 e. The average molecular weight is 298 g/mol. The van der Waals surface area contributed by atoms with Crippen LogP contribution < -0.4 is 15.8 Å². The number of hydrogen-bond donors (Lipinski definition) is 2. The number of nitrogens with two attached hydrogens (primary N) is 1. The standard InChI is InChI=1S/C12H13ClFN5O/c1-7(6-20-9-4-2-8(14)3-5-9)16-12-18-10(13)17-11(15)19-12/h2-5,7H,6H2,1H3,(H3,15,16,17,18,19). The summed E-state index contributed by atoms with van der Waals surface area (Å²) in [6.45, 7) is 2.21. The topological polar surface area (TPSA) is 86.0 Å². The number of anilines is 2. The highest BCUT2D eigenvalue weighted by atomic mass is 35.5. The highest BCUT2D eigenvalue weighted by molar-refractivity contribution is 6.28. The van der Waals surface area contributed by atoms with Crippen LogP contribution >= 0.6 is 11.6 Å². The summed E-state index contributed by atoms with van der Waals surface area (Å²) < 4.78 is 18.2. The molecule has 1 unspecified atom stereocenters. The van der Waals surface area contributed by atoms with Crippen molar-refractivity contribution in [3.63, 3.8) is 0 Å². The lowest BCUT2D eigenvalue weighted by atomic mass is 10.3. The molecule has 6 nitrogen and oxygen atoms in total. The summed E-state index contributed by atoms with van der Waals surface area (Å²) in [5.41, 5.74) is 5.46. The van der Waals surface area contributed by atoms with Gasteiger partial charge in [0, 0.05) is 0 Å². The predicted octanol–water partition coefficient (Wildman–Crippen LogP) is 2.13. The van der Waals surface area contributed by atoms with Gasteiger partial charge in [0.1, 0.15) is 18.2 Å². The molecule has 0 bridgehead atoms. The molecule has 106 valence electrons. The van der Waals surface area contributed by atoms with Gasteiger partial charge in [-0.15, -0.1) is 0 Å². The normalized spacial score (nSPS) is 11.9. The van der Waals surface area contributed by atoms with E-state index in [2.05, 4.69) is 20.3 Å². The van der Waals surface area contributed by atoms with Gasteiger partial charge in [0.25, 0.3) is 0 Å². The number of rotatable bonds is 5. The van der Waals surface area contributed by atoms with Crippen LogP contribution in [0.25, 0.3) is 0 Å². The molecule has 0 spiro atoms. The van der Waals surface area contributed by atoms with Gasteiger partial charge in [0.05, 0.1) is 6.04 Å². The summed E-state index contributed by atoms with van der Waals surface area (Å²) in [6.07, 6.45) is 0. The zero-order chi connectivity index (χ0) is 14.5. The van der Waals surface area contributed by atoms with E-state index in [0.29, 0.717) is 12.4 Å². The lowest BCUT2D eigenvalue weighted by molar-refractivity contribution is 0.303. The first kappa shape index (κ1) is 14.3. The van der Waals surface area contributed by atoms with Crippen LogP contribution in [0.15, 0.2) is 24.3 Å². The largest absolute Gasteiger partial charge is 0.491 e. The Morgan fingerprint density at radius 2 is 2.00 bits per heavy atom. The summed E-state index contributed by atoms with van der Waals surface area (Å²) in [6, 6.07) is 5.68. The summed E-state index contributed by atoms with van der Waals surface area (Å²) >= 11 is 5.67. The Morgan fingerprint density at radius 3 is 2.65 bits per heavy atom. The number of ether oxygens (including phenoxy) is 1. The van der Waals surface area contributed by atoms with Crippen molar-refractivity contribution in [3.8, 4) is 5.75 Å². The fraction of sp³-hybridized carbons (Fsp3) is 0.250. The van der Waals surface area contributed by atoms with Gasteiger partial charge in [-0.2, -0.15) is 15.0 Å². The SMILES string of the molecule is CC(COc1ccc(F)cc1)Nc1nc(N)nc(Cl)n1. The number of nitrogens with one attached hydrogen (secondary N) is 1. The van der Waals surface area contributed by atoms with Crippen LogP contribution in [-0.2, 0) is 0 Å². The highest BCUT2D eigenvalue weighted by Gasteiger charge is 2.07. The maximum Gasteiger partial charge on any atom is 0.229 e. The van der Waals surface area contributed by atoms with Crippen molar-refractivity contribution in [2.75, 3.05) is 17.7 Å². The van der Waals surface area contributed by atoms with Crippen LogP contribution in [0.5, 0.6) is 5.75 Å². The van der Waals surface area contributed by atoms with Crippen LogP contribution in [0.2, 0.25) is 5.28 Å². The van der Waals surface area contributed by atoms with Crippen molar-refractivity contribution in [2.45, 2.75) is 13.0 Å². The van der Waals surface area contributed by atoms with E-state index in [1.165, 1.54) is 12.1 Å². The molecule has 2 rings (SSSR count). The van der Waals surface area contributed by atoms with E-state index >= 15 is 0 Å². The zero-order valence-electron chi connectivity index (χ0n) is 10.7. The molecule has 0 aliphatic heterocycles. The van der Waals surface area contributed by atoms with Gasteiger partial charge in [-0.1, -0.05) is 0 Å². The van der Waals surface area contributed by atoms with Crippen LogP contribution in [0.1, 0.15) is 6.92 Å². The van der Waals surface area contributed by atoms with E-state index in [1.807, 2.05) is 6.92 Å². The average Bonchev–Trinajstić information content (AvgIpc) is 2.37. The summed E-state index contributed by atoms with van der Waals surface area (Å²) in [5, 5.41) is 3.00. The molecular weight excluding hydrogens is 285 g/mol. The van der Waals surface area contributed by atoms with E-state index in [4.69, 9.17) is 22.1 Å². The monoisotopic (exact) mass is 297 g/mol. The Morgan fingerprint density at radius 1 is 1.30 bits per heavy atom. The van der Waals surface area contributed by atoms with Gasteiger partial charge in [-0.3, -0.25) is 0 Å². The second kappa shape index (κ2) is 6.33. The first-order valence-electron chi connectivity index (χ1n) is 5.85. The van der Waals surface area contributed by atoms with Gasteiger partial charge in [0.2, 0.25) is 17.2 Å². The third-order valence-corrected chi connectivity index (χ3v) is 2.48. The fourth-order valence-electron chi connectivity index (χ4n) is 1.44. The molecule has 1 aromatic carbocycles. The molecule has 0 amide bonds. The number of nitrogens with zero attached hydrogens (tertiary/aromatic N) is 3. The third kappa shape index (κ3) is 4.20. The molecule has 0 radical (unpaired) electrons. The van der Waals surface area contributed by atoms with Gasteiger partial charge in [-0.05, 0) is 42.8 Å². The second-order valence-electron chi connectivity index (χ2n) is 4.10. The summed E-state index contributed by atoms with van der Waals surface area (Å²) in [4.78, 5) is 11.4. The molecule has 1 aromatic heterocycles. The molecule has 1 atom stereocenters. The van der Waals surface area contributed by atoms with Crippen molar-refractivity contribution in [2.24, 2.45) is 0 Å². The van der Waals surface area contributed by atoms with Gasteiger partial charge >= 0.3 is 0 Å². The molecule has 8 heteroatoms. The third-order valence-electron chi connectivity index (χ3n) is 2.31. The number of hydrogen-bond acceptors (Lipinski definition) is 6. The first-order chi connectivity index (χ1) is 9.52. The Bertz CT molecular complexity index is 560. The molecule has 0 saturated heterocycles. The Kier molecular flexibility index (Phi) is 4.52. The quantitative estimate of drug-likeness (QED) is 0.879. The maximum atomic E-state index is 12.7. The summed E-state index contributed by atoms with van der Waals surface area (Å²) in [7, 11) is 0. The van der Waals surface area contributed by atoms with E-state index in [9.17, 15) is 4.39 Å². The number of benzene rings is 1. The molecule has 0 fully saturated rings. The van der Waals surface area contributed by atoms with Crippen LogP contribution in [0.4, 0.5) is 16.3 Å². The number of aromatic nitrogens is 3. The predicted molar refractivity (Wildman–Crippen MR) is 74.2 cm³/mol. The van der Waals surface area contributed by atoms with E-state index in [-0.39, 0.29) is 29.0 Å². The molecule has 20 heavy (non-hydrogen) atoms. The Hall–Kier alpha value is -2.15. The van der Waals surface area contributed by atoms with Gasteiger partial charge in [-0.25, -0.2) is 4.39 Å². The van der Waals surface area contributed by atoms with Crippen molar-refractivity contribution in [1.29, 1.82) is 0 Å². The van der Waals surface area contributed by atoms with Gasteiger partial charge in [0.15, 0.2) is 0 Å². The Balaban J connectivity index is 1.88. The van der Waals surface area contributed by atoms with E-state index in [0.717, 1.165) is 0 Å². The van der Waals surface area contributed by atoms with Crippen LogP contribution in [0.3, 0.4) is 0 Å². The molecule has 3 N–H and O–H groups in total. The molecule has 0 aliphatic rings. The number of halogens is 2. The maximum absolute atomic E-state index is 12.7. The zero-order valence-corrected chi connectivity index (χ0v) is 11.4.